The van der Waals surface area contributed by atoms with Gasteiger partial charge in [-0.05, 0) is 25.0 Å². The molecule has 1 aromatic rings. The Labute approximate surface area is 149 Å². The number of allylic oxidation sites excluding steroid dienone is 1. The minimum absolute atomic E-state index is 0.0207. The van der Waals surface area contributed by atoms with Gasteiger partial charge in [-0.3, -0.25) is 24.6 Å². The quantitative estimate of drug-likeness (QED) is 0.629. The summed E-state index contributed by atoms with van der Waals surface area (Å²) in [6, 6.07) is 3.53. The molecule has 8 heteroatoms. The van der Waals surface area contributed by atoms with Crippen LogP contribution in [0.2, 0.25) is 0 Å². The van der Waals surface area contributed by atoms with Crippen LogP contribution in [0.15, 0.2) is 30.5 Å². The highest BCUT2D eigenvalue weighted by Gasteiger charge is 2.45. The zero-order valence-electron chi connectivity index (χ0n) is 13.7. The lowest BCUT2D eigenvalue weighted by Crippen LogP contribution is -2.51. The molecule has 0 saturated carbocycles. The fourth-order valence-corrected chi connectivity index (χ4v) is 2.95. The van der Waals surface area contributed by atoms with E-state index in [0.29, 0.717) is 18.5 Å². The van der Waals surface area contributed by atoms with Crippen molar-refractivity contribution in [1.82, 2.24) is 10.2 Å². The van der Waals surface area contributed by atoms with Crippen LogP contribution in [0.25, 0.3) is 0 Å². The molecule has 1 saturated heterocycles. The number of carbonyl (C=O) groups is 4. The second kappa shape index (κ2) is 6.72. The first-order chi connectivity index (χ1) is 12.4. The molecule has 1 atom stereocenters. The maximum absolute atomic E-state index is 12.8. The summed E-state index contributed by atoms with van der Waals surface area (Å²) >= 11 is 0. The summed E-state index contributed by atoms with van der Waals surface area (Å²) < 4.78 is 4.72. The van der Waals surface area contributed by atoms with E-state index in [1.54, 1.807) is 0 Å². The summed E-state index contributed by atoms with van der Waals surface area (Å²) in [5, 5.41) is 4.95. The maximum atomic E-state index is 12.8. The van der Waals surface area contributed by atoms with Crippen LogP contribution >= 0.6 is 0 Å². The van der Waals surface area contributed by atoms with E-state index < -0.39 is 29.9 Å². The number of anilines is 1. The molecule has 0 radical (unpaired) electrons. The first-order valence-corrected chi connectivity index (χ1v) is 7.80. The molecule has 0 bridgehead atoms. The second-order valence-electron chi connectivity index (χ2n) is 5.76. The number of hydrogen-bond acceptors (Lipinski definition) is 5. The highest BCUT2D eigenvalue weighted by atomic mass is 16.5. The van der Waals surface area contributed by atoms with Gasteiger partial charge in [0, 0.05) is 5.70 Å². The standard InChI is InChI=1S/C18H15N3O5/c1-3-9-26-18(25)20-12-6-4-5-11-14(12)17(24)21(16(11)23)13-8-7-10(2)19-15(13)22/h1,4-6,13H,2,7-9H2,(H,19,22)(H,20,25). The van der Waals surface area contributed by atoms with Crippen molar-refractivity contribution in [3.05, 3.63) is 41.6 Å². The van der Waals surface area contributed by atoms with E-state index in [-0.39, 0.29) is 23.4 Å². The van der Waals surface area contributed by atoms with E-state index in [1.807, 2.05) is 0 Å². The molecule has 3 rings (SSSR count). The number of nitrogens with one attached hydrogen (secondary N) is 2. The number of nitrogens with zero attached hydrogens (tertiary/aromatic N) is 1. The van der Waals surface area contributed by atoms with Crippen molar-refractivity contribution in [3.63, 3.8) is 0 Å². The molecule has 4 amide bonds. The van der Waals surface area contributed by atoms with Crippen molar-refractivity contribution in [2.75, 3.05) is 11.9 Å². The Morgan fingerprint density at radius 3 is 2.85 bits per heavy atom. The van der Waals surface area contributed by atoms with Gasteiger partial charge in [0.05, 0.1) is 16.8 Å². The predicted octanol–water partition coefficient (Wildman–Crippen LogP) is 1.26. The molecule has 2 aliphatic rings. The second-order valence-corrected chi connectivity index (χ2v) is 5.76. The number of amides is 4. The molecular weight excluding hydrogens is 338 g/mol. The lowest BCUT2D eigenvalue weighted by atomic mass is 10.0. The monoisotopic (exact) mass is 353 g/mol. The van der Waals surface area contributed by atoms with Crippen LogP contribution in [0.4, 0.5) is 10.5 Å². The summed E-state index contributed by atoms with van der Waals surface area (Å²) in [5.41, 5.74) is 0.793. The molecule has 0 spiro atoms. The number of rotatable bonds is 3. The third-order valence-corrected chi connectivity index (χ3v) is 4.10. The van der Waals surface area contributed by atoms with Crippen molar-refractivity contribution in [2.24, 2.45) is 0 Å². The number of hydrogen-bond donors (Lipinski definition) is 2. The number of piperidine rings is 1. The summed E-state index contributed by atoms with van der Waals surface area (Å²) in [5.74, 6) is 0.455. The minimum Gasteiger partial charge on any atom is -0.436 e. The zero-order chi connectivity index (χ0) is 18.8. The molecule has 1 unspecified atom stereocenters. The van der Waals surface area contributed by atoms with Crippen LogP contribution in [0.3, 0.4) is 0 Å². The fourth-order valence-electron chi connectivity index (χ4n) is 2.95. The van der Waals surface area contributed by atoms with Crippen molar-refractivity contribution in [1.29, 1.82) is 0 Å². The van der Waals surface area contributed by atoms with Gasteiger partial charge in [-0.1, -0.05) is 18.6 Å². The van der Waals surface area contributed by atoms with Gasteiger partial charge >= 0.3 is 6.09 Å². The third-order valence-electron chi connectivity index (χ3n) is 4.10. The average molecular weight is 353 g/mol. The highest BCUT2D eigenvalue weighted by Crippen LogP contribution is 2.32. The number of terminal acetylenes is 1. The molecule has 1 aromatic carbocycles. The number of benzene rings is 1. The Kier molecular flexibility index (Phi) is 4.45. The van der Waals surface area contributed by atoms with Crippen molar-refractivity contribution >= 4 is 29.5 Å². The van der Waals surface area contributed by atoms with Gasteiger partial charge in [-0.2, -0.15) is 0 Å². The molecule has 0 aromatic heterocycles. The normalized spacial score (nSPS) is 18.9. The van der Waals surface area contributed by atoms with Crippen molar-refractivity contribution in [3.8, 4) is 12.3 Å². The minimum atomic E-state index is -0.922. The molecular formula is C18H15N3O5. The van der Waals surface area contributed by atoms with E-state index >= 15 is 0 Å². The maximum Gasteiger partial charge on any atom is 0.412 e. The summed E-state index contributed by atoms with van der Waals surface area (Å²) in [4.78, 5) is 50.3. The number of ether oxygens (including phenoxy) is 1. The molecule has 8 nitrogen and oxygen atoms in total. The number of fused-ring (bicyclic) bond motifs is 1. The van der Waals surface area contributed by atoms with Crippen LogP contribution in [-0.2, 0) is 9.53 Å². The first kappa shape index (κ1) is 17.2. The number of imide groups is 1. The van der Waals surface area contributed by atoms with E-state index in [9.17, 15) is 19.2 Å². The predicted molar refractivity (Wildman–Crippen MR) is 91.1 cm³/mol. The summed E-state index contributed by atoms with van der Waals surface area (Å²) in [7, 11) is 0. The van der Waals surface area contributed by atoms with E-state index in [4.69, 9.17) is 11.2 Å². The summed E-state index contributed by atoms with van der Waals surface area (Å²) in [6.07, 6.45) is 4.93. The van der Waals surface area contributed by atoms with Gasteiger partial charge in [0.1, 0.15) is 6.04 Å². The third kappa shape index (κ3) is 2.91. The Morgan fingerprint density at radius 1 is 1.38 bits per heavy atom. The smallest absolute Gasteiger partial charge is 0.412 e. The van der Waals surface area contributed by atoms with Crippen molar-refractivity contribution < 1.29 is 23.9 Å². The average Bonchev–Trinajstić information content (AvgIpc) is 2.85. The van der Waals surface area contributed by atoms with Gasteiger partial charge in [-0.25, -0.2) is 4.79 Å². The Hall–Kier alpha value is -3.60. The molecule has 1 fully saturated rings. The lowest BCUT2D eigenvalue weighted by Gasteiger charge is -2.29. The van der Waals surface area contributed by atoms with E-state index in [1.165, 1.54) is 18.2 Å². The van der Waals surface area contributed by atoms with Gasteiger partial charge in [0.2, 0.25) is 5.91 Å². The highest BCUT2D eigenvalue weighted by molar-refractivity contribution is 6.25. The topological polar surface area (TPSA) is 105 Å². The Bertz CT molecular complexity index is 883. The van der Waals surface area contributed by atoms with Crippen LogP contribution in [-0.4, -0.2) is 41.4 Å². The molecule has 2 heterocycles. The van der Waals surface area contributed by atoms with Crippen LogP contribution in [0, 0.1) is 12.3 Å². The lowest BCUT2D eigenvalue weighted by molar-refractivity contribution is -0.125. The SMILES string of the molecule is C#CCOC(=O)Nc1cccc2c1C(=O)N(C1CCC(=C)NC1=O)C2=O. The van der Waals surface area contributed by atoms with Crippen LogP contribution in [0.5, 0.6) is 0 Å². The zero-order valence-corrected chi connectivity index (χ0v) is 13.7. The Morgan fingerprint density at radius 2 is 2.15 bits per heavy atom. The van der Waals surface area contributed by atoms with E-state index in [0.717, 1.165) is 4.90 Å². The van der Waals surface area contributed by atoms with Gasteiger partial charge in [0.25, 0.3) is 11.8 Å². The Balaban J connectivity index is 1.89. The largest absolute Gasteiger partial charge is 0.436 e. The van der Waals surface area contributed by atoms with Gasteiger partial charge in [0.15, 0.2) is 6.61 Å². The summed E-state index contributed by atoms with van der Waals surface area (Å²) in [6.45, 7) is 3.45. The van der Waals surface area contributed by atoms with E-state index in [2.05, 4.69) is 23.1 Å². The molecule has 2 N–H and O–H groups in total. The van der Waals surface area contributed by atoms with Crippen LogP contribution < -0.4 is 10.6 Å². The number of carbonyl (C=O) groups excluding carboxylic acids is 4. The molecule has 132 valence electrons. The molecule has 2 aliphatic heterocycles. The fraction of sp³-hybridized carbons (Fsp3) is 0.222. The van der Waals surface area contributed by atoms with Gasteiger partial charge < -0.3 is 10.1 Å². The van der Waals surface area contributed by atoms with Gasteiger partial charge in [-0.15, -0.1) is 6.42 Å². The first-order valence-electron chi connectivity index (χ1n) is 7.80. The van der Waals surface area contributed by atoms with Crippen LogP contribution in [0.1, 0.15) is 33.6 Å². The molecule has 26 heavy (non-hydrogen) atoms. The van der Waals surface area contributed by atoms with Crippen molar-refractivity contribution in [2.45, 2.75) is 18.9 Å². The molecule has 0 aliphatic carbocycles.